The van der Waals surface area contributed by atoms with Gasteiger partial charge in [0.05, 0.1) is 5.69 Å². The summed E-state index contributed by atoms with van der Waals surface area (Å²) in [6, 6.07) is 10.6. The van der Waals surface area contributed by atoms with Gasteiger partial charge in [0.1, 0.15) is 5.69 Å². The molecule has 1 aromatic carbocycles. The molecule has 20 heavy (non-hydrogen) atoms. The summed E-state index contributed by atoms with van der Waals surface area (Å²) in [6.45, 7) is 0.395. The lowest BCUT2D eigenvalue weighted by Crippen LogP contribution is -2.37. The van der Waals surface area contributed by atoms with Crippen molar-refractivity contribution in [3.63, 3.8) is 0 Å². The lowest BCUT2D eigenvalue weighted by Gasteiger charge is -2.28. The lowest BCUT2D eigenvalue weighted by atomic mass is 10.00. The molecule has 0 saturated heterocycles. The summed E-state index contributed by atoms with van der Waals surface area (Å²) in [7, 11) is 0. The Bertz CT molecular complexity index is 683. The van der Waals surface area contributed by atoms with Crippen molar-refractivity contribution in [1.82, 2.24) is 4.98 Å². The molecule has 1 aromatic heterocycles. The third kappa shape index (κ3) is 2.25. The quantitative estimate of drug-likeness (QED) is 0.807. The van der Waals surface area contributed by atoms with Crippen molar-refractivity contribution in [2.75, 3.05) is 11.4 Å². The Labute approximate surface area is 124 Å². The van der Waals surface area contributed by atoms with Crippen molar-refractivity contribution in [3.8, 4) is 0 Å². The van der Waals surface area contributed by atoms with Crippen LogP contribution in [0.25, 0.3) is 0 Å². The van der Waals surface area contributed by atoms with Crippen LogP contribution in [0, 0.1) is 0 Å². The highest BCUT2D eigenvalue weighted by atomic mass is 79.9. The van der Waals surface area contributed by atoms with Crippen LogP contribution in [0.3, 0.4) is 0 Å². The van der Waals surface area contributed by atoms with Crippen LogP contribution < -0.4 is 4.90 Å². The van der Waals surface area contributed by atoms with Gasteiger partial charge in [-0.2, -0.15) is 0 Å². The molecule has 1 aliphatic heterocycles. The fraction of sp³-hybridized carbons (Fsp3) is 0.133. The Balaban J connectivity index is 1.99. The molecule has 4 nitrogen and oxygen atoms in total. The van der Waals surface area contributed by atoms with Gasteiger partial charge in [-0.15, -0.1) is 0 Å². The van der Waals surface area contributed by atoms with Crippen LogP contribution in [-0.2, 0) is 0 Å². The number of rotatable bonds is 1. The molecule has 1 aliphatic rings. The van der Waals surface area contributed by atoms with E-state index in [4.69, 9.17) is 0 Å². The van der Waals surface area contributed by atoms with Gasteiger partial charge in [0, 0.05) is 29.2 Å². The van der Waals surface area contributed by atoms with Crippen LogP contribution in [0.5, 0.6) is 0 Å². The predicted molar refractivity (Wildman–Crippen MR) is 79.0 cm³/mol. The number of hydrogen-bond donors (Lipinski definition) is 0. The van der Waals surface area contributed by atoms with Crippen LogP contribution in [0.1, 0.15) is 27.3 Å². The van der Waals surface area contributed by atoms with E-state index >= 15 is 0 Å². The van der Waals surface area contributed by atoms with E-state index in [1.54, 1.807) is 35.4 Å². The van der Waals surface area contributed by atoms with Gasteiger partial charge in [-0.05, 0) is 40.2 Å². The van der Waals surface area contributed by atoms with E-state index in [-0.39, 0.29) is 11.7 Å². The van der Waals surface area contributed by atoms with Crippen molar-refractivity contribution >= 4 is 33.3 Å². The number of anilines is 1. The third-order valence-corrected chi connectivity index (χ3v) is 3.72. The molecule has 0 bridgehead atoms. The van der Waals surface area contributed by atoms with Crippen LogP contribution in [-0.4, -0.2) is 23.2 Å². The van der Waals surface area contributed by atoms with Gasteiger partial charge in [0.2, 0.25) is 0 Å². The van der Waals surface area contributed by atoms with Crippen molar-refractivity contribution in [1.29, 1.82) is 0 Å². The summed E-state index contributed by atoms with van der Waals surface area (Å²) >= 11 is 3.29. The maximum atomic E-state index is 12.5. The first kappa shape index (κ1) is 13.0. The molecule has 0 aliphatic carbocycles. The number of aromatic nitrogens is 1. The molecule has 0 atom stereocenters. The smallest absolute Gasteiger partial charge is 0.276 e. The molecule has 3 rings (SSSR count). The van der Waals surface area contributed by atoms with Crippen molar-refractivity contribution in [2.45, 2.75) is 6.42 Å². The summed E-state index contributed by atoms with van der Waals surface area (Å²) in [4.78, 5) is 30.1. The molecular weight excluding hydrogens is 320 g/mol. The Hall–Kier alpha value is -2.01. The number of pyridine rings is 1. The standard InChI is InChI=1S/C15H11BrN2O2/c16-10-5-6-12(17-9-10)15(20)18-8-7-14(19)11-3-1-2-4-13(11)18/h1-6,9H,7-8H2. The number of Topliss-reactive ketones (excluding diaryl/α,β-unsaturated/α-hetero) is 1. The number of carbonyl (C=O) groups is 2. The first-order valence-corrected chi connectivity index (χ1v) is 7.02. The summed E-state index contributed by atoms with van der Waals surface area (Å²) in [5, 5.41) is 0. The Morgan fingerprint density at radius 3 is 2.75 bits per heavy atom. The molecule has 2 aromatic rings. The van der Waals surface area contributed by atoms with Crippen LogP contribution in [0.4, 0.5) is 5.69 Å². The average molecular weight is 331 g/mol. The molecule has 0 saturated carbocycles. The molecular formula is C15H11BrN2O2. The first-order valence-electron chi connectivity index (χ1n) is 6.22. The molecule has 0 radical (unpaired) electrons. The zero-order valence-corrected chi connectivity index (χ0v) is 12.1. The monoisotopic (exact) mass is 330 g/mol. The number of nitrogens with zero attached hydrogens (tertiary/aromatic N) is 2. The van der Waals surface area contributed by atoms with Gasteiger partial charge in [-0.25, -0.2) is 4.98 Å². The molecule has 0 N–H and O–H groups in total. The van der Waals surface area contributed by atoms with Gasteiger partial charge >= 0.3 is 0 Å². The van der Waals surface area contributed by atoms with E-state index in [0.29, 0.717) is 29.9 Å². The number of benzene rings is 1. The van der Waals surface area contributed by atoms with Gasteiger partial charge in [-0.3, -0.25) is 9.59 Å². The summed E-state index contributed by atoms with van der Waals surface area (Å²) < 4.78 is 0.822. The SMILES string of the molecule is O=C1CCN(C(=O)c2ccc(Br)cn2)c2ccccc21. The van der Waals surface area contributed by atoms with Gasteiger partial charge in [0.15, 0.2) is 5.78 Å². The molecule has 1 amide bonds. The van der Waals surface area contributed by atoms with E-state index in [1.807, 2.05) is 12.1 Å². The van der Waals surface area contributed by atoms with E-state index in [1.165, 1.54) is 0 Å². The first-order chi connectivity index (χ1) is 9.66. The van der Waals surface area contributed by atoms with E-state index in [2.05, 4.69) is 20.9 Å². The van der Waals surface area contributed by atoms with E-state index in [9.17, 15) is 9.59 Å². The minimum absolute atomic E-state index is 0.0772. The average Bonchev–Trinajstić information content (AvgIpc) is 2.48. The highest BCUT2D eigenvalue weighted by Gasteiger charge is 2.27. The van der Waals surface area contributed by atoms with Gasteiger partial charge in [0.25, 0.3) is 5.91 Å². The molecule has 0 spiro atoms. The highest BCUT2D eigenvalue weighted by Crippen LogP contribution is 2.27. The highest BCUT2D eigenvalue weighted by molar-refractivity contribution is 9.10. The molecule has 2 heterocycles. The second-order valence-corrected chi connectivity index (χ2v) is 5.42. The zero-order valence-electron chi connectivity index (χ0n) is 10.5. The van der Waals surface area contributed by atoms with Crippen LogP contribution >= 0.6 is 15.9 Å². The fourth-order valence-corrected chi connectivity index (χ4v) is 2.50. The number of amides is 1. The van der Waals surface area contributed by atoms with Crippen molar-refractivity contribution in [3.05, 3.63) is 58.3 Å². The topological polar surface area (TPSA) is 50.3 Å². The maximum absolute atomic E-state index is 12.5. The second-order valence-electron chi connectivity index (χ2n) is 4.51. The Morgan fingerprint density at radius 2 is 2.00 bits per heavy atom. The van der Waals surface area contributed by atoms with Crippen LogP contribution in [0.2, 0.25) is 0 Å². The second kappa shape index (κ2) is 5.17. The van der Waals surface area contributed by atoms with Gasteiger partial charge in [-0.1, -0.05) is 12.1 Å². The number of para-hydroxylation sites is 1. The summed E-state index contributed by atoms with van der Waals surface area (Å²) in [6.07, 6.45) is 1.94. The Kier molecular flexibility index (Phi) is 3.36. The van der Waals surface area contributed by atoms with Crippen LogP contribution in [0.15, 0.2) is 47.1 Å². The Morgan fingerprint density at radius 1 is 1.20 bits per heavy atom. The van der Waals surface area contributed by atoms with Gasteiger partial charge < -0.3 is 4.90 Å². The van der Waals surface area contributed by atoms with Crippen molar-refractivity contribution < 1.29 is 9.59 Å². The van der Waals surface area contributed by atoms with Crippen molar-refractivity contribution in [2.24, 2.45) is 0 Å². The molecule has 100 valence electrons. The fourth-order valence-electron chi connectivity index (χ4n) is 2.26. The third-order valence-electron chi connectivity index (χ3n) is 3.25. The maximum Gasteiger partial charge on any atom is 0.276 e. The number of hydrogen-bond acceptors (Lipinski definition) is 3. The zero-order chi connectivity index (χ0) is 14.1. The van der Waals surface area contributed by atoms with E-state index < -0.39 is 0 Å². The number of fused-ring (bicyclic) bond motifs is 1. The minimum Gasteiger partial charge on any atom is -0.306 e. The number of carbonyl (C=O) groups excluding carboxylic acids is 2. The minimum atomic E-state index is -0.183. The lowest BCUT2D eigenvalue weighted by molar-refractivity contribution is 0.0952. The predicted octanol–water partition coefficient (Wildman–Crippen LogP) is 3.08. The van der Waals surface area contributed by atoms with E-state index in [0.717, 1.165) is 4.47 Å². The summed E-state index contributed by atoms with van der Waals surface area (Å²) in [5.41, 5.74) is 1.64. The molecule has 0 unspecified atom stereocenters. The largest absolute Gasteiger partial charge is 0.306 e. The molecule has 0 fully saturated rings. The number of halogens is 1. The normalized spacial score (nSPS) is 14.1. The molecule has 5 heteroatoms. The summed E-state index contributed by atoms with van der Waals surface area (Å²) in [5.74, 6) is -0.106. The number of ketones is 1.